The third-order valence-corrected chi connectivity index (χ3v) is 3.01. The summed E-state index contributed by atoms with van der Waals surface area (Å²) < 4.78 is 26.5. The van der Waals surface area contributed by atoms with Crippen molar-refractivity contribution in [1.29, 1.82) is 0 Å². The summed E-state index contributed by atoms with van der Waals surface area (Å²) in [6.45, 7) is 3.36. The molecule has 0 bridgehead atoms. The van der Waals surface area contributed by atoms with E-state index >= 15 is 0 Å². The molecule has 0 amide bonds. The summed E-state index contributed by atoms with van der Waals surface area (Å²) in [5.41, 5.74) is 2.62. The van der Waals surface area contributed by atoms with E-state index in [4.69, 9.17) is 4.74 Å². The number of anilines is 1. The van der Waals surface area contributed by atoms with Crippen LogP contribution in [0.4, 0.5) is 5.69 Å². The fourth-order valence-electron chi connectivity index (χ4n) is 1.61. The second-order valence-electron chi connectivity index (χ2n) is 3.77. The maximum absolute atomic E-state index is 10.8. The quantitative estimate of drug-likeness (QED) is 0.571. The molecule has 17 heavy (non-hydrogen) atoms. The molecule has 0 fully saturated rings. The molecule has 5 heteroatoms. The smallest absolute Gasteiger partial charge is 0.144 e. The second-order valence-corrected chi connectivity index (χ2v) is 4.75. The topological polar surface area (TPSA) is 55.4 Å². The normalized spacial score (nSPS) is 10.8. The van der Waals surface area contributed by atoms with Crippen LogP contribution in [0.2, 0.25) is 0 Å². The van der Waals surface area contributed by atoms with Crippen molar-refractivity contribution in [3.8, 4) is 0 Å². The standard InChI is InChI=1S/C12H18NO3S/c1-10-5-3-6-11(9-17(14)15)12(10)13-7-4-8-16-2/h3,6,13,17H,4,7-9H2,1-2H3. The number of benzene rings is 1. The van der Waals surface area contributed by atoms with E-state index in [2.05, 4.69) is 11.4 Å². The highest BCUT2D eigenvalue weighted by atomic mass is 32.2. The summed E-state index contributed by atoms with van der Waals surface area (Å²) in [6.07, 6.45) is 0.883. The van der Waals surface area contributed by atoms with Crippen molar-refractivity contribution < 1.29 is 13.2 Å². The SMILES string of the molecule is COCCCNc1c(C)[c]ccc1C[SH](=O)=O. The Hall–Kier alpha value is -1.07. The van der Waals surface area contributed by atoms with Gasteiger partial charge < -0.3 is 10.1 Å². The molecule has 0 unspecified atom stereocenters. The van der Waals surface area contributed by atoms with Gasteiger partial charge in [-0.2, -0.15) is 0 Å². The number of methoxy groups -OCH3 is 1. The maximum Gasteiger partial charge on any atom is 0.144 e. The van der Waals surface area contributed by atoms with E-state index in [0.29, 0.717) is 6.61 Å². The van der Waals surface area contributed by atoms with E-state index in [1.54, 1.807) is 19.2 Å². The molecule has 0 aromatic heterocycles. The van der Waals surface area contributed by atoms with E-state index in [1.165, 1.54) is 0 Å². The van der Waals surface area contributed by atoms with Crippen molar-refractivity contribution in [1.82, 2.24) is 0 Å². The Bertz CT molecular complexity index is 422. The van der Waals surface area contributed by atoms with Crippen LogP contribution < -0.4 is 5.32 Å². The molecule has 0 aliphatic heterocycles. The monoisotopic (exact) mass is 256 g/mol. The Morgan fingerprint density at radius 3 is 2.88 bits per heavy atom. The first-order valence-corrected chi connectivity index (χ1v) is 6.86. The minimum atomic E-state index is -2.41. The molecule has 1 N–H and O–H groups in total. The highest BCUT2D eigenvalue weighted by Gasteiger charge is 2.05. The van der Waals surface area contributed by atoms with E-state index in [1.807, 2.05) is 6.92 Å². The first kappa shape index (κ1) is 14.0. The van der Waals surface area contributed by atoms with Gasteiger partial charge in [-0.3, -0.25) is 0 Å². The molecule has 1 radical (unpaired) electrons. The predicted octanol–water partition coefficient (Wildman–Crippen LogP) is 1.36. The van der Waals surface area contributed by atoms with Crippen LogP contribution >= 0.6 is 0 Å². The zero-order valence-corrected chi connectivity index (χ0v) is 11.0. The van der Waals surface area contributed by atoms with Crippen LogP contribution in [0.5, 0.6) is 0 Å². The highest BCUT2D eigenvalue weighted by Crippen LogP contribution is 2.20. The van der Waals surface area contributed by atoms with Crippen molar-refractivity contribution in [2.45, 2.75) is 19.1 Å². The van der Waals surface area contributed by atoms with Gasteiger partial charge in [0.15, 0.2) is 0 Å². The predicted molar refractivity (Wildman–Crippen MR) is 69.0 cm³/mol. The molecule has 1 rings (SSSR count). The number of hydrogen-bond acceptors (Lipinski definition) is 4. The molecule has 0 saturated carbocycles. The number of aryl methyl sites for hydroxylation is 1. The molecule has 0 saturated heterocycles. The lowest BCUT2D eigenvalue weighted by Gasteiger charge is -2.13. The van der Waals surface area contributed by atoms with Gasteiger partial charge in [-0.15, -0.1) is 0 Å². The summed E-state index contributed by atoms with van der Waals surface area (Å²) in [6, 6.07) is 6.61. The van der Waals surface area contributed by atoms with Crippen LogP contribution in [0.1, 0.15) is 17.5 Å². The van der Waals surface area contributed by atoms with Gasteiger partial charge >= 0.3 is 0 Å². The lowest BCUT2D eigenvalue weighted by Crippen LogP contribution is -2.08. The maximum atomic E-state index is 10.8. The third-order valence-electron chi connectivity index (χ3n) is 2.41. The number of rotatable bonds is 7. The Kier molecular flexibility index (Phi) is 6.00. The molecule has 1 aromatic rings. The molecule has 0 aliphatic carbocycles. The van der Waals surface area contributed by atoms with Gasteiger partial charge in [0.2, 0.25) is 0 Å². The fourth-order valence-corrected chi connectivity index (χ4v) is 2.15. The van der Waals surface area contributed by atoms with Crippen molar-refractivity contribution >= 4 is 16.4 Å². The molecule has 0 heterocycles. The van der Waals surface area contributed by atoms with Gasteiger partial charge in [0.05, 0.1) is 5.75 Å². The van der Waals surface area contributed by atoms with Gasteiger partial charge in [-0.05, 0) is 30.5 Å². The van der Waals surface area contributed by atoms with Crippen LogP contribution in [0, 0.1) is 13.0 Å². The van der Waals surface area contributed by atoms with Crippen LogP contribution in [0.15, 0.2) is 12.1 Å². The van der Waals surface area contributed by atoms with E-state index in [-0.39, 0.29) is 5.75 Å². The molecule has 95 valence electrons. The molecule has 0 spiro atoms. The summed E-state index contributed by atoms with van der Waals surface area (Å²) in [7, 11) is -0.744. The average Bonchev–Trinajstić information content (AvgIpc) is 2.26. The Morgan fingerprint density at radius 2 is 2.24 bits per heavy atom. The number of hydrogen-bond donors (Lipinski definition) is 2. The van der Waals surface area contributed by atoms with Crippen molar-refractivity contribution in [3.05, 3.63) is 29.3 Å². The number of nitrogens with one attached hydrogen (secondary N) is 1. The molecular formula is C12H18NO3S. The summed E-state index contributed by atoms with van der Waals surface area (Å²) in [4.78, 5) is 0. The van der Waals surface area contributed by atoms with Crippen LogP contribution in [-0.4, -0.2) is 28.7 Å². The van der Waals surface area contributed by atoms with Crippen LogP contribution in [0.3, 0.4) is 0 Å². The summed E-state index contributed by atoms with van der Waals surface area (Å²) >= 11 is 0. The summed E-state index contributed by atoms with van der Waals surface area (Å²) in [5, 5.41) is 3.24. The van der Waals surface area contributed by atoms with Crippen molar-refractivity contribution in [2.24, 2.45) is 0 Å². The van der Waals surface area contributed by atoms with Crippen LogP contribution in [-0.2, 0) is 21.2 Å². The van der Waals surface area contributed by atoms with Crippen molar-refractivity contribution in [3.63, 3.8) is 0 Å². The summed E-state index contributed by atoms with van der Waals surface area (Å²) in [5.74, 6) is 0.0669. The fraction of sp³-hybridized carbons (Fsp3) is 0.500. The first-order chi connectivity index (χ1) is 8.15. The van der Waals surface area contributed by atoms with Gasteiger partial charge in [0, 0.05) is 25.9 Å². The Balaban J connectivity index is 2.73. The Labute approximate surface area is 104 Å². The minimum Gasteiger partial charge on any atom is -0.385 e. The molecular weight excluding hydrogens is 238 g/mol. The van der Waals surface area contributed by atoms with E-state index in [0.717, 1.165) is 29.8 Å². The van der Waals surface area contributed by atoms with Gasteiger partial charge in [0.25, 0.3) is 0 Å². The zero-order valence-electron chi connectivity index (χ0n) is 10.2. The Morgan fingerprint density at radius 1 is 1.47 bits per heavy atom. The molecule has 4 nitrogen and oxygen atoms in total. The van der Waals surface area contributed by atoms with Crippen LogP contribution in [0.25, 0.3) is 0 Å². The number of thiol groups is 1. The highest BCUT2D eigenvalue weighted by molar-refractivity contribution is 7.71. The van der Waals surface area contributed by atoms with E-state index in [9.17, 15) is 8.42 Å². The number of ether oxygens (including phenoxy) is 1. The van der Waals surface area contributed by atoms with Gasteiger partial charge in [-0.25, -0.2) is 8.42 Å². The average molecular weight is 256 g/mol. The lowest BCUT2D eigenvalue weighted by molar-refractivity contribution is 0.198. The van der Waals surface area contributed by atoms with E-state index < -0.39 is 10.7 Å². The largest absolute Gasteiger partial charge is 0.385 e. The lowest BCUT2D eigenvalue weighted by atomic mass is 10.1. The van der Waals surface area contributed by atoms with Gasteiger partial charge in [-0.1, -0.05) is 12.1 Å². The van der Waals surface area contributed by atoms with Gasteiger partial charge in [0.1, 0.15) is 10.7 Å². The zero-order chi connectivity index (χ0) is 12.7. The minimum absolute atomic E-state index is 0.0669. The molecule has 0 atom stereocenters. The second kappa shape index (κ2) is 7.29. The third kappa shape index (κ3) is 4.75. The molecule has 0 aliphatic rings. The first-order valence-electron chi connectivity index (χ1n) is 5.50. The molecule has 1 aromatic carbocycles. The van der Waals surface area contributed by atoms with Crippen molar-refractivity contribution in [2.75, 3.05) is 25.6 Å².